The van der Waals surface area contributed by atoms with E-state index in [1.54, 1.807) is 18.6 Å². The number of hydrogen-bond acceptors (Lipinski definition) is 5. The minimum Gasteiger partial charge on any atom is -0.455 e. The lowest BCUT2D eigenvalue weighted by Gasteiger charge is -2.12. The SMILES string of the molecule is Cc1cc(NC(=O)c2cc(C3CC3)nc3c2cnn3C(C)C)ccc1Oc1cccnc1. The number of carbonyl (C=O) groups is 1. The number of aromatic nitrogens is 4. The van der Waals surface area contributed by atoms with Crippen molar-refractivity contribution in [3.05, 3.63) is 71.8 Å². The van der Waals surface area contributed by atoms with Gasteiger partial charge in [-0.2, -0.15) is 5.10 Å². The number of aryl methyl sites for hydroxylation is 1. The van der Waals surface area contributed by atoms with Crippen LogP contribution in [0.15, 0.2) is 55.0 Å². The van der Waals surface area contributed by atoms with Crippen LogP contribution in [0.25, 0.3) is 11.0 Å². The quantitative estimate of drug-likeness (QED) is 0.431. The molecule has 3 heterocycles. The Morgan fingerprint density at radius 1 is 1.19 bits per heavy atom. The number of hydrogen-bond donors (Lipinski definition) is 1. The van der Waals surface area contributed by atoms with Crippen LogP contribution in [0.2, 0.25) is 0 Å². The molecule has 1 aromatic carbocycles. The first-order valence-corrected chi connectivity index (χ1v) is 10.9. The number of rotatable bonds is 6. The van der Waals surface area contributed by atoms with Gasteiger partial charge in [0.2, 0.25) is 0 Å². The van der Waals surface area contributed by atoms with Gasteiger partial charge in [-0.3, -0.25) is 9.78 Å². The number of amides is 1. The van der Waals surface area contributed by atoms with E-state index < -0.39 is 0 Å². The van der Waals surface area contributed by atoms with Crippen LogP contribution in [0, 0.1) is 6.92 Å². The smallest absolute Gasteiger partial charge is 0.256 e. The van der Waals surface area contributed by atoms with E-state index in [2.05, 4.69) is 29.2 Å². The van der Waals surface area contributed by atoms with Crippen LogP contribution in [0.1, 0.15) is 60.3 Å². The second-order valence-electron chi connectivity index (χ2n) is 8.51. The Morgan fingerprint density at radius 3 is 2.72 bits per heavy atom. The molecule has 1 N–H and O–H groups in total. The summed E-state index contributed by atoms with van der Waals surface area (Å²) < 4.78 is 7.77. The standard InChI is InChI=1S/C25H25N5O2/c1-15(2)30-24-21(14-27-30)20(12-22(29-24)17-6-7-17)25(31)28-18-8-9-23(16(3)11-18)32-19-5-4-10-26-13-19/h4-5,8-15,17H,6-7H2,1-3H3,(H,28,31). The first kappa shape index (κ1) is 20.2. The maximum atomic E-state index is 13.3. The van der Waals surface area contributed by atoms with Crippen LogP contribution >= 0.6 is 0 Å². The number of nitrogens with zero attached hydrogens (tertiary/aromatic N) is 4. The monoisotopic (exact) mass is 427 g/mol. The lowest BCUT2D eigenvalue weighted by molar-refractivity contribution is 0.102. The molecule has 1 amide bonds. The second-order valence-corrected chi connectivity index (χ2v) is 8.51. The summed E-state index contributed by atoms with van der Waals surface area (Å²) in [5, 5.41) is 8.29. The Bertz CT molecular complexity index is 1290. The van der Waals surface area contributed by atoms with E-state index in [0.29, 0.717) is 22.9 Å². The predicted molar refractivity (Wildman–Crippen MR) is 123 cm³/mol. The van der Waals surface area contributed by atoms with Crippen molar-refractivity contribution in [2.24, 2.45) is 0 Å². The molecule has 0 spiro atoms. The highest BCUT2D eigenvalue weighted by Crippen LogP contribution is 2.40. The maximum Gasteiger partial charge on any atom is 0.256 e. The van der Waals surface area contributed by atoms with Crippen molar-refractivity contribution in [3.8, 4) is 11.5 Å². The Hall–Kier alpha value is -3.74. The minimum atomic E-state index is -0.164. The topological polar surface area (TPSA) is 81.9 Å². The van der Waals surface area contributed by atoms with E-state index >= 15 is 0 Å². The highest BCUT2D eigenvalue weighted by atomic mass is 16.5. The van der Waals surface area contributed by atoms with E-state index in [9.17, 15) is 4.79 Å². The minimum absolute atomic E-state index is 0.164. The van der Waals surface area contributed by atoms with Crippen LogP contribution in [-0.4, -0.2) is 25.7 Å². The zero-order valence-electron chi connectivity index (χ0n) is 18.4. The van der Waals surface area contributed by atoms with Gasteiger partial charge in [0.15, 0.2) is 5.65 Å². The van der Waals surface area contributed by atoms with Crippen molar-refractivity contribution in [2.75, 3.05) is 5.32 Å². The van der Waals surface area contributed by atoms with Gasteiger partial charge in [0.1, 0.15) is 11.5 Å². The van der Waals surface area contributed by atoms with Gasteiger partial charge >= 0.3 is 0 Å². The van der Waals surface area contributed by atoms with Gasteiger partial charge in [0.05, 0.1) is 23.3 Å². The van der Waals surface area contributed by atoms with Gasteiger partial charge in [-0.1, -0.05) is 0 Å². The third-order valence-corrected chi connectivity index (χ3v) is 5.61. The Morgan fingerprint density at radius 2 is 2.03 bits per heavy atom. The molecule has 0 unspecified atom stereocenters. The van der Waals surface area contributed by atoms with Crippen LogP contribution in [-0.2, 0) is 0 Å². The predicted octanol–water partition coefficient (Wildman–Crippen LogP) is 5.64. The average Bonchev–Trinajstić information content (AvgIpc) is 3.54. The lowest BCUT2D eigenvalue weighted by atomic mass is 10.1. The molecule has 1 aliphatic rings. The fourth-order valence-corrected chi connectivity index (χ4v) is 3.77. The van der Waals surface area contributed by atoms with E-state index in [0.717, 1.165) is 40.9 Å². The van der Waals surface area contributed by atoms with Crippen molar-refractivity contribution in [2.45, 2.75) is 45.6 Å². The van der Waals surface area contributed by atoms with Gasteiger partial charge in [-0.25, -0.2) is 9.67 Å². The molecule has 1 aliphatic carbocycles. The van der Waals surface area contributed by atoms with E-state index in [1.165, 1.54) is 0 Å². The molecular weight excluding hydrogens is 402 g/mol. The number of nitrogens with one attached hydrogen (secondary N) is 1. The number of benzene rings is 1. The van der Waals surface area contributed by atoms with Crippen LogP contribution in [0.3, 0.4) is 0 Å². The summed E-state index contributed by atoms with van der Waals surface area (Å²) in [5.41, 5.74) is 3.97. The normalized spacial score (nSPS) is 13.5. The van der Waals surface area contributed by atoms with Crippen LogP contribution in [0.5, 0.6) is 11.5 Å². The van der Waals surface area contributed by atoms with Crippen molar-refractivity contribution in [3.63, 3.8) is 0 Å². The number of fused-ring (bicyclic) bond motifs is 1. The Kier molecular flexibility index (Phi) is 5.09. The zero-order valence-corrected chi connectivity index (χ0v) is 18.4. The van der Waals surface area contributed by atoms with E-state index in [4.69, 9.17) is 9.72 Å². The average molecular weight is 428 g/mol. The summed E-state index contributed by atoms with van der Waals surface area (Å²) in [7, 11) is 0. The molecule has 0 aliphatic heterocycles. The Balaban J connectivity index is 1.43. The summed E-state index contributed by atoms with van der Waals surface area (Å²) >= 11 is 0. The highest BCUT2D eigenvalue weighted by Gasteiger charge is 2.28. The first-order valence-electron chi connectivity index (χ1n) is 10.9. The molecule has 0 saturated heterocycles. The van der Waals surface area contributed by atoms with E-state index in [-0.39, 0.29) is 11.9 Å². The van der Waals surface area contributed by atoms with Crippen LogP contribution in [0.4, 0.5) is 5.69 Å². The molecule has 1 fully saturated rings. The Labute approximate surface area is 186 Å². The van der Waals surface area contributed by atoms with Crippen molar-refractivity contribution in [1.29, 1.82) is 0 Å². The molecule has 162 valence electrons. The second kappa shape index (κ2) is 8.07. The van der Waals surface area contributed by atoms with Gasteiger partial charge in [0, 0.05) is 29.5 Å². The third kappa shape index (κ3) is 3.93. The van der Waals surface area contributed by atoms with Crippen LogP contribution < -0.4 is 10.1 Å². The maximum absolute atomic E-state index is 13.3. The number of carbonyl (C=O) groups excluding carboxylic acids is 1. The van der Waals surface area contributed by atoms with Crippen molar-refractivity contribution >= 4 is 22.6 Å². The fraction of sp³-hybridized carbons (Fsp3) is 0.280. The molecule has 5 rings (SSSR count). The van der Waals surface area contributed by atoms with Gasteiger partial charge < -0.3 is 10.1 Å². The molecule has 4 aromatic rings. The number of anilines is 1. The van der Waals surface area contributed by atoms with E-state index in [1.807, 2.05) is 48.0 Å². The third-order valence-electron chi connectivity index (χ3n) is 5.61. The molecule has 0 bridgehead atoms. The molecule has 1 saturated carbocycles. The summed E-state index contributed by atoms with van der Waals surface area (Å²) in [5.74, 6) is 1.66. The molecule has 0 radical (unpaired) electrons. The lowest BCUT2D eigenvalue weighted by Crippen LogP contribution is -2.14. The molecule has 7 nitrogen and oxygen atoms in total. The summed E-state index contributed by atoms with van der Waals surface area (Å²) in [4.78, 5) is 22.2. The zero-order chi connectivity index (χ0) is 22.2. The van der Waals surface area contributed by atoms with Crippen molar-refractivity contribution in [1.82, 2.24) is 19.7 Å². The fourth-order valence-electron chi connectivity index (χ4n) is 3.77. The highest BCUT2D eigenvalue weighted by molar-refractivity contribution is 6.12. The first-order chi connectivity index (χ1) is 15.5. The molecule has 0 atom stereocenters. The van der Waals surface area contributed by atoms with Gasteiger partial charge in [-0.15, -0.1) is 0 Å². The van der Waals surface area contributed by atoms with Gasteiger partial charge in [-0.05, 0) is 75.6 Å². The summed E-state index contributed by atoms with van der Waals surface area (Å²) in [6.45, 7) is 6.08. The molecule has 3 aromatic heterocycles. The number of ether oxygens (including phenoxy) is 1. The summed E-state index contributed by atoms with van der Waals surface area (Å²) in [6.07, 6.45) is 7.34. The largest absolute Gasteiger partial charge is 0.455 e. The molecule has 32 heavy (non-hydrogen) atoms. The molecule has 7 heteroatoms. The van der Waals surface area contributed by atoms with Gasteiger partial charge in [0.25, 0.3) is 5.91 Å². The number of pyridine rings is 2. The van der Waals surface area contributed by atoms with Crippen molar-refractivity contribution < 1.29 is 9.53 Å². The summed E-state index contributed by atoms with van der Waals surface area (Å²) in [6, 6.07) is 11.4. The molecular formula is C25H25N5O2.